The van der Waals surface area contributed by atoms with Crippen LogP contribution in [0.1, 0.15) is 46.9 Å². The number of aryl methyl sites for hydroxylation is 1. The van der Waals surface area contributed by atoms with Crippen LogP contribution in [0.2, 0.25) is 0 Å². The highest BCUT2D eigenvalue weighted by Crippen LogP contribution is 2.18. The van der Waals surface area contributed by atoms with E-state index in [2.05, 4.69) is 40.4 Å². The summed E-state index contributed by atoms with van der Waals surface area (Å²) in [6.07, 6.45) is 2.89. The number of aromatic nitrogens is 2. The Bertz CT molecular complexity index is 853. The zero-order valence-electron chi connectivity index (χ0n) is 18.7. The predicted molar refractivity (Wildman–Crippen MR) is 118 cm³/mol. The largest absolute Gasteiger partial charge is 0.356 e. The fourth-order valence-corrected chi connectivity index (χ4v) is 3.31. The smallest absolute Gasteiger partial charge is 0.253 e. The molecular formula is C22H34N6O. The molecule has 0 aliphatic carbocycles. The second-order valence-electron chi connectivity index (χ2n) is 7.85. The summed E-state index contributed by atoms with van der Waals surface area (Å²) in [7, 11) is 9.31. The molecular weight excluding hydrogens is 364 g/mol. The van der Waals surface area contributed by atoms with Crippen molar-refractivity contribution in [1.29, 1.82) is 0 Å². The molecule has 2 rings (SSSR count). The Kier molecular flexibility index (Phi) is 7.82. The monoisotopic (exact) mass is 398 g/mol. The van der Waals surface area contributed by atoms with Crippen molar-refractivity contribution in [2.75, 3.05) is 34.7 Å². The van der Waals surface area contributed by atoms with Gasteiger partial charge < -0.3 is 15.1 Å². The van der Waals surface area contributed by atoms with Gasteiger partial charge >= 0.3 is 0 Å². The van der Waals surface area contributed by atoms with Crippen LogP contribution in [0.15, 0.2) is 35.5 Å². The Balaban J connectivity index is 1.96. The molecule has 0 spiro atoms. The average molecular weight is 399 g/mol. The number of nitrogens with one attached hydrogen (secondary N) is 1. The molecule has 0 saturated heterocycles. The first-order valence-electron chi connectivity index (χ1n) is 9.97. The van der Waals surface area contributed by atoms with Gasteiger partial charge in [-0.15, -0.1) is 0 Å². The van der Waals surface area contributed by atoms with Gasteiger partial charge in [-0.2, -0.15) is 5.10 Å². The number of aliphatic imine (C=N–C) groups is 1. The summed E-state index contributed by atoms with van der Waals surface area (Å²) in [6.45, 7) is 5.80. The minimum absolute atomic E-state index is 0.0211. The predicted octanol–water partition coefficient (Wildman–Crippen LogP) is 2.50. The molecule has 0 fully saturated rings. The van der Waals surface area contributed by atoms with Gasteiger partial charge in [-0.05, 0) is 30.0 Å². The molecule has 1 amide bonds. The maximum absolute atomic E-state index is 12.1. The van der Waals surface area contributed by atoms with Crippen molar-refractivity contribution < 1.29 is 4.79 Å². The van der Waals surface area contributed by atoms with Gasteiger partial charge in [0.2, 0.25) is 0 Å². The molecule has 0 unspecified atom stereocenters. The van der Waals surface area contributed by atoms with E-state index in [0.717, 1.165) is 36.7 Å². The quantitative estimate of drug-likeness (QED) is 0.575. The topological polar surface area (TPSA) is 65.8 Å². The van der Waals surface area contributed by atoms with Gasteiger partial charge in [-0.25, -0.2) is 0 Å². The first-order valence-corrected chi connectivity index (χ1v) is 9.97. The summed E-state index contributed by atoms with van der Waals surface area (Å²) < 4.78 is 1.87. The number of guanidine groups is 1. The van der Waals surface area contributed by atoms with Crippen molar-refractivity contribution in [3.05, 3.63) is 52.8 Å². The molecule has 0 atom stereocenters. The average Bonchev–Trinajstić information content (AvgIpc) is 3.05. The molecule has 7 heteroatoms. The number of benzene rings is 1. The van der Waals surface area contributed by atoms with Crippen molar-refractivity contribution in [3.8, 4) is 0 Å². The maximum atomic E-state index is 12.1. The van der Waals surface area contributed by atoms with Crippen molar-refractivity contribution in [3.63, 3.8) is 0 Å². The van der Waals surface area contributed by atoms with Crippen molar-refractivity contribution >= 4 is 11.9 Å². The Morgan fingerprint density at radius 3 is 2.62 bits per heavy atom. The lowest BCUT2D eigenvalue weighted by molar-refractivity contribution is 0.0827. The van der Waals surface area contributed by atoms with Crippen LogP contribution in [0.25, 0.3) is 0 Å². The van der Waals surface area contributed by atoms with E-state index in [1.807, 2.05) is 43.0 Å². The van der Waals surface area contributed by atoms with Gasteiger partial charge in [0.15, 0.2) is 5.96 Å². The van der Waals surface area contributed by atoms with Crippen LogP contribution >= 0.6 is 0 Å². The second kappa shape index (κ2) is 10.1. The van der Waals surface area contributed by atoms with Crippen LogP contribution in [0.5, 0.6) is 0 Å². The first-order chi connectivity index (χ1) is 13.7. The van der Waals surface area contributed by atoms with Gasteiger partial charge in [0, 0.05) is 65.7 Å². The fourth-order valence-electron chi connectivity index (χ4n) is 3.31. The molecule has 0 aliphatic heterocycles. The lowest BCUT2D eigenvalue weighted by Gasteiger charge is -2.22. The summed E-state index contributed by atoms with van der Waals surface area (Å²) in [5.41, 5.74) is 4.17. The third-order valence-electron chi connectivity index (χ3n) is 4.74. The molecule has 2 aromatic rings. The van der Waals surface area contributed by atoms with Crippen LogP contribution in [0.4, 0.5) is 0 Å². The minimum atomic E-state index is 0.0211. The van der Waals surface area contributed by atoms with E-state index in [9.17, 15) is 4.79 Å². The number of rotatable bonds is 7. The van der Waals surface area contributed by atoms with Crippen molar-refractivity contribution in [2.24, 2.45) is 12.0 Å². The molecule has 158 valence electrons. The maximum Gasteiger partial charge on any atom is 0.253 e. The SMILES string of the molecule is CN=C(NCCc1cccc(C(=O)N(C)C)c1)N(C)Cc1cn(C)nc1C(C)C. The molecule has 0 saturated carbocycles. The third kappa shape index (κ3) is 6.07. The van der Waals surface area contributed by atoms with Crippen LogP contribution in [0, 0.1) is 0 Å². The number of carbonyl (C=O) groups is 1. The lowest BCUT2D eigenvalue weighted by Crippen LogP contribution is -2.39. The standard InChI is InChI=1S/C22H34N6O/c1-16(2)20-19(15-28(7)25-20)14-27(6)22(23-3)24-12-11-17-9-8-10-18(13-17)21(29)26(4)5/h8-10,13,15-16H,11-12,14H2,1-7H3,(H,23,24). The van der Waals surface area contributed by atoms with Gasteiger partial charge in [0.1, 0.15) is 0 Å². The highest BCUT2D eigenvalue weighted by Gasteiger charge is 2.15. The molecule has 0 aliphatic rings. The summed E-state index contributed by atoms with van der Waals surface area (Å²) in [5.74, 6) is 1.24. The van der Waals surface area contributed by atoms with E-state index < -0.39 is 0 Å². The Morgan fingerprint density at radius 1 is 1.28 bits per heavy atom. The summed E-state index contributed by atoms with van der Waals surface area (Å²) in [6, 6.07) is 7.79. The molecule has 0 radical (unpaired) electrons. The van der Waals surface area contributed by atoms with Crippen LogP contribution < -0.4 is 5.32 Å². The molecule has 1 N–H and O–H groups in total. The zero-order valence-corrected chi connectivity index (χ0v) is 18.7. The van der Waals surface area contributed by atoms with Crippen LogP contribution in [-0.2, 0) is 20.0 Å². The van der Waals surface area contributed by atoms with Crippen molar-refractivity contribution in [1.82, 2.24) is 24.9 Å². The van der Waals surface area contributed by atoms with Gasteiger partial charge in [0.25, 0.3) is 5.91 Å². The number of nitrogens with zero attached hydrogens (tertiary/aromatic N) is 5. The number of hydrogen-bond acceptors (Lipinski definition) is 3. The lowest BCUT2D eigenvalue weighted by atomic mass is 10.1. The minimum Gasteiger partial charge on any atom is -0.356 e. The highest BCUT2D eigenvalue weighted by atomic mass is 16.2. The van der Waals surface area contributed by atoms with Crippen molar-refractivity contribution in [2.45, 2.75) is 32.7 Å². The Hall–Kier alpha value is -2.83. The van der Waals surface area contributed by atoms with Gasteiger partial charge in [-0.1, -0.05) is 26.0 Å². The number of carbonyl (C=O) groups excluding carboxylic acids is 1. The third-order valence-corrected chi connectivity index (χ3v) is 4.74. The first kappa shape index (κ1) is 22.5. The summed E-state index contributed by atoms with van der Waals surface area (Å²) in [5, 5.41) is 8.00. The van der Waals surface area contributed by atoms with E-state index in [-0.39, 0.29) is 5.91 Å². The number of hydrogen-bond donors (Lipinski definition) is 1. The van der Waals surface area contributed by atoms with E-state index >= 15 is 0 Å². The van der Waals surface area contributed by atoms with E-state index in [1.54, 1.807) is 26.0 Å². The fraction of sp³-hybridized carbons (Fsp3) is 0.500. The molecule has 29 heavy (non-hydrogen) atoms. The Morgan fingerprint density at radius 2 is 2.00 bits per heavy atom. The molecule has 1 aromatic carbocycles. The zero-order chi connectivity index (χ0) is 21.6. The van der Waals surface area contributed by atoms with E-state index in [1.165, 1.54) is 5.56 Å². The van der Waals surface area contributed by atoms with Crippen LogP contribution in [-0.4, -0.2) is 66.2 Å². The highest BCUT2D eigenvalue weighted by molar-refractivity contribution is 5.94. The molecule has 1 heterocycles. The van der Waals surface area contributed by atoms with Gasteiger partial charge in [-0.3, -0.25) is 14.5 Å². The summed E-state index contributed by atoms with van der Waals surface area (Å²) in [4.78, 5) is 20.3. The summed E-state index contributed by atoms with van der Waals surface area (Å²) >= 11 is 0. The van der Waals surface area contributed by atoms with E-state index in [4.69, 9.17) is 0 Å². The normalized spacial score (nSPS) is 11.7. The Labute approximate surface area is 174 Å². The second-order valence-corrected chi connectivity index (χ2v) is 7.85. The van der Waals surface area contributed by atoms with Gasteiger partial charge in [0.05, 0.1) is 5.69 Å². The molecule has 7 nitrogen and oxygen atoms in total. The molecule has 0 bridgehead atoms. The van der Waals surface area contributed by atoms with Crippen LogP contribution in [0.3, 0.4) is 0 Å². The molecule has 1 aromatic heterocycles. The van der Waals surface area contributed by atoms with E-state index in [0.29, 0.717) is 11.5 Å². The number of amides is 1.